The Bertz CT molecular complexity index is 1730. The maximum absolute atomic E-state index is 13.5. The summed E-state index contributed by atoms with van der Waals surface area (Å²) in [5.41, 5.74) is 4.12. The highest BCUT2D eigenvalue weighted by atomic mass is 31.2. The van der Waals surface area contributed by atoms with Crippen LogP contribution in [0.2, 0.25) is 0 Å². The summed E-state index contributed by atoms with van der Waals surface area (Å²) < 4.78 is 27.5. The number of hydrogen-bond acceptors (Lipinski definition) is 5. The van der Waals surface area contributed by atoms with E-state index in [0.717, 1.165) is 35.0 Å². The van der Waals surface area contributed by atoms with E-state index >= 15 is 0 Å². The number of nitrogens with one attached hydrogen (secondary N) is 3. The normalized spacial score (nSPS) is 19.7. The van der Waals surface area contributed by atoms with Gasteiger partial charge < -0.3 is 24.7 Å². The lowest BCUT2D eigenvalue weighted by molar-refractivity contribution is -0.121. The van der Waals surface area contributed by atoms with Gasteiger partial charge in [-0.3, -0.25) is 9.59 Å². The number of nitrogens with zero attached hydrogens (tertiary/aromatic N) is 2. The number of aromatic nitrogens is 3. The Morgan fingerprint density at radius 3 is 2.69 bits per heavy atom. The molecule has 0 saturated carbocycles. The van der Waals surface area contributed by atoms with Gasteiger partial charge in [0.15, 0.2) is 0 Å². The highest BCUT2D eigenvalue weighted by Gasteiger charge is 2.26. The molecule has 2 aromatic carbocycles. The number of carbonyl (C=O) groups excluding carboxylic acids is 1. The maximum Gasteiger partial charge on any atom is 0.258 e. The van der Waals surface area contributed by atoms with Crippen LogP contribution in [0.1, 0.15) is 36.1 Å². The number of benzene rings is 2. The molecule has 1 amide bonds. The van der Waals surface area contributed by atoms with Crippen LogP contribution in [0.15, 0.2) is 41.2 Å². The summed E-state index contributed by atoms with van der Waals surface area (Å²) >= 11 is 0. The number of amides is 1. The van der Waals surface area contributed by atoms with Gasteiger partial charge in [0.05, 0.1) is 23.6 Å². The molecular formula is C29H33FN5O3P. The number of aromatic amines is 1. The number of H-pyrrole nitrogens is 1. The van der Waals surface area contributed by atoms with Crippen molar-refractivity contribution in [3.05, 3.63) is 69.4 Å². The van der Waals surface area contributed by atoms with Crippen molar-refractivity contribution >= 4 is 52.6 Å². The molecule has 1 aliphatic heterocycles. The van der Waals surface area contributed by atoms with Crippen molar-refractivity contribution in [2.45, 2.75) is 39.2 Å². The molecule has 0 spiro atoms. The predicted molar refractivity (Wildman–Crippen MR) is 156 cm³/mol. The van der Waals surface area contributed by atoms with Gasteiger partial charge in [-0.15, -0.1) is 0 Å². The summed E-state index contributed by atoms with van der Waals surface area (Å²) in [6.07, 6.45) is 6.58. The standard InChI is InChI=1S/C29H33FN5O3P/c1-17-16-19(30)8-10-22(17)33-29-34-24-11-9-21-18(2)23(32-28(37)26(21)27(24)35(29)3)6-5-7-25(36)31-20-12-14-39(4,38)15-13-20/h5-6,8-11,16,20H,7,12-15H2,1-4H3,(H,31,36)(H,32,37)(H,33,34)/b6-5+. The van der Waals surface area contributed by atoms with E-state index in [4.69, 9.17) is 0 Å². The van der Waals surface area contributed by atoms with Gasteiger partial charge in [0.2, 0.25) is 11.9 Å². The van der Waals surface area contributed by atoms with Crippen LogP contribution in [0.3, 0.4) is 0 Å². The molecule has 0 radical (unpaired) electrons. The van der Waals surface area contributed by atoms with Crippen molar-refractivity contribution in [3.8, 4) is 0 Å². The number of fused-ring (bicyclic) bond motifs is 3. The van der Waals surface area contributed by atoms with Crippen molar-refractivity contribution < 1.29 is 13.8 Å². The van der Waals surface area contributed by atoms with Crippen LogP contribution < -0.4 is 16.2 Å². The topological polar surface area (TPSA) is 109 Å². The zero-order valence-corrected chi connectivity index (χ0v) is 23.5. The third-order valence-corrected chi connectivity index (χ3v) is 10.0. The van der Waals surface area contributed by atoms with E-state index < -0.39 is 7.14 Å². The molecule has 204 valence electrons. The van der Waals surface area contributed by atoms with Gasteiger partial charge in [-0.1, -0.05) is 12.1 Å². The zero-order chi connectivity index (χ0) is 27.9. The molecule has 0 bridgehead atoms. The Labute approximate surface area is 226 Å². The second kappa shape index (κ2) is 10.5. The number of rotatable bonds is 6. The van der Waals surface area contributed by atoms with Gasteiger partial charge in [0, 0.05) is 43.2 Å². The molecule has 5 rings (SSSR count). The smallest absolute Gasteiger partial charge is 0.258 e. The average molecular weight is 550 g/mol. The van der Waals surface area contributed by atoms with Gasteiger partial charge in [-0.25, -0.2) is 9.37 Å². The van der Waals surface area contributed by atoms with Crippen molar-refractivity contribution in [1.82, 2.24) is 19.9 Å². The van der Waals surface area contributed by atoms with Crippen molar-refractivity contribution in [2.24, 2.45) is 7.05 Å². The molecule has 2 aromatic heterocycles. The lowest BCUT2D eigenvalue weighted by Crippen LogP contribution is -2.37. The minimum absolute atomic E-state index is 0.0720. The Morgan fingerprint density at radius 1 is 1.23 bits per heavy atom. The van der Waals surface area contributed by atoms with E-state index in [9.17, 15) is 18.5 Å². The van der Waals surface area contributed by atoms with E-state index in [2.05, 4.69) is 20.6 Å². The SMILES string of the molecule is Cc1cc(F)ccc1Nc1nc2ccc3c(C)c(/C=C/CC(=O)NC4CCP(C)(=O)CC4)[nH]c(=O)c3c2n1C. The molecule has 0 atom stereocenters. The van der Waals surface area contributed by atoms with Gasteiger partial charge in [0.1, 0.15) is 5.82 Å². The van der Waals surface area contributed by atoms with E-state index in [0.29, 0.717) is 40.4 Å². The van der Waals surface area contributed by atoms with Gasteiger partial charge in [-0.05, 0) is 80.2 Å². The first-order valence-corrected chi connectivity index (χ1v) is 15.6. The van der Waals surface area contributed by atoms with E-state index in [1.54, 1.807) is 18.2 Å². The molecule has 0 unspecified atom stereocenters. The molecule has 39 heavy (non-hydrogen) atoms. The van der Waals surface area contributed by atoms with E-state index in [1.165, 1.54) is 12.1 Å². The Balaban J connectivity index is 1.38. The minimum atomic E-state index is -2.02. The fourth-order valence-electron chi connectivity index (χ4n) is 5.27. The molecular weight excluding hydrogens is 516 g/mol. The van der Waals surface area contributed by atoms with Crippen LogP contribution in [0.25, 0.3) is 27.9 Å². The summed E-state index contributed by atoms with van der Waals surface area (Å²) in [5.74, 6) is 0.150. The highest BCUT2D eigenvalue weighted by Crippen LogP contribution is 2.46. The number of pyridine rings is 1. The van der Waals surface area contributed by atoms with Gasteiger partial charge in [-0.2, -0.15) is 0 Å². The lowest BCUT2D eigenvalue weighted by atomic mass is 10.0. The first-order chi connectivity index (χ1) is 18.5. The Hall–Kier alpha value is -3.71. The first-order valence-electron chi connectivity index (χ1n) is 13.1. The molecule has 1 aliphatic rings. The van der Waals surface area contributed by atoms with E-state index in [1.807, 2.05) is 44.3 Å². The Kier molecular flexibility index (Phi) is 7.21. The third kappa shape index (κ3) is 5.55. The predicted octanol–water partition coefficient (Wildman–Crippen LogP) is 5.59. The molecule has 3 N–H and O–H groups in total. The number of imidazole rings is 1. The van der Waals surface area contributed by atoms with Crippen LogP contribution in [0.5, 0.6) is 0 Å². The number of aryl methyl sites for hydroxylation is 3. The summed E-state index contributed by atoms with van der Waals surface area (Å²) in [7, 11) is -0.181. The fraction of sp³-hybridized carbons (Fsp3) is 0.345. The quantitative estimate of drug-likeness (QED) is 0.272. The van der Waals surface area contributed by atoms with Crippen LogP contribution >= 0.6 is 7.14 Å². The summed E-state index contributed by atoms with van der Waals surface area (Å²) in [6, 6.07) is 8.35. The lowest BCUT2D eigenvalue weighted by Gasteiger charge is -2.27. The van der Waals surface area contributed by atoms with Gasteiger partial charge in [0.25, 0.3) is 5.56 Å². The second-order valence-corrected chi connectivity index (χ2v) is 14.1. The Morgan fingerprint density at radius 2 is 1.97 bits per heavy atom. The average Bonchev–Trinajstić information content (AvgIpc) is 3.20. The van der Waals surface area contributed by atoms with Crippen molar-refractivity contribution in [3.63, 3.8) is 0 Å². The summed E-state index contributed by atoms with van der Waals surface area (Å²) in [5, 5.41) is 7.61. The monoisotopic (exact) mass is 549 g/mol. The molecule has 8 nitrogen and oxygen atoms in total. The summed E-state index contributed by atoms with van der Waals surface area (Å²) in [4.78, 5) is 33.4. The zero-order valence-electron chi connectivity index (χ0n) is 22.6. The van der Waals surface area contributed by atoms with Gasteiger partial charge >= 0.3 is 0 Å². The number of halogens is 1. The molecule has 0 aliphatic carbocycles. The molecule has 1 saturated heterocycles. The number of anilines is 2. The van der Waals surface area contributed by atoms with Crippen molar-refractivity contribution in [2.75, 3.05) is 24.3 Å². The maximum atomic E-state index is 13.5. The van der Waals surface area contributed by atoms with Crippen LogP contribution in [-0.2, 0) is 16.4 Å². The number of carbonyl (C=O) groups is 1. The summed E-state index contributed by atoms with van der Waals surface area (Å²) in [6.45, 7) is 5.59. The van der Waals surface area contributed by atoms with Crippen LogP contribution in [0.4, 0.5) is 16.0 Å². The third-order valence-electron chi connectivity index (χ3n) is 7.61. The number of hydrogen-bond donors (Lipinski definition) is 3. The fourth-order valence-corrected chi connectivity index (χ4v) is 7.21. The molecule has 10 heteroatoms. The van der Waals surface area contributed by atoms with Crippen LogP contribution in [0, 0.1) is 19.7 Å². The molecule has 3 heterocycles. The minimum Gasteiger partial charge on any atom is -0.353 e. The van der Waals surface area contributed by atoms with E-state index in [-0.39, 0.29) is 29.7 Å². The second-order valence-electron chi connectivity index (χ2n) is 10.6. The molecule has 1 fully saturated rings. The van der Waals surface area contributed by atoms with Crippen molar-refractivity contribution in [1.29, 1.82) is 0 Å². The molecule has 4 aromatic rings. The first kappa shape index (κ1) is 26.9. The largest absolute Gasteiger partial charge is 0.353 e. The highest BCUT2D eigenvalue weighted by molar-refractivity contribution is 7.63. The van der Waals surface area contributed by atoms with Crippen LogP contribution in [-0.4, -0.2) is 45.5 Å².